The van der Waals surface area contributed by atoms with Crippen LogP contribution in [0.15, 0.2) is 53.8 Å². The van der Waals surface area contributed by atoms with Crippen LogP contribution < -0.4 is 16.0 Å². The molecule has 8 heteroatoms. The number of amidine groups is 1. The van der Waals surface area contributed by atoms with E-state index in [-0.39, 0.29) is 5.84 Å². The van der Waals surface area contributed by atoms with Crippen molar-refractivity contribution in [2.45, 2.75) is 12.8 Å². The number of ether oxygens (including phenoxy) is 1. The molecule has 0 spiro atoms. The van der Waals surface area contributed by atoms with E-state index in [9.17, 15) is 0 Å². The molecule has 1 aliphatic carbocycles. The summed E-state index contributed by atoms with van der Waals surface area (Å²) in [6.07, 6.45) is 3.25. The van der Waals surface area contributed by atoms with Gasteiger partial charge in [0.1, 0.15) is 11.6 Å². The van der Waals surface area contributed by atoms with Crippen LogP contribution in [0.25, 0.3) is 11.3 Å². The lowest BCUT2D eigenvalue weighted by Crippen LogP contribution is -2.20. The normalized spacial score (nSPS) is 14.1. The number of nitrogens with one attached hydrogen (secondary N) is 2. The second-order valence-electron chi connectivity index (χ2n) is 6.43. The van der Waals surface area contributed by atoms with Gasteiger partial charge in [-0.05, 0) is 30.5 Å². The monoisotopic (exact) mass is 376 g/mol. The maximum atomic E-state index is 9.06. The summed E-state index contributed by atoms with van der Waals surface area (Å²) in [5.41, 5.74) is 13.1. The molecule has 0 saturated carbocycles. The van der Waals surface area contributed by atoms with Crippen LogP contribution in [0.4, 0.5) is 5.95 Å². The number of hydrogen-bond acceptors (Lipinski definition) is 6. The second kappa shape index (κ2) is 7.16. The summed E-state index contributed by atoms with van der Waals surface area (Å²) in [5, 5.41) is 21.6. The van der Waals surface area contributed by atoms with E-state index >= 15 is 0 Å². The number of nitrogens with two attached hydrogens (primary N) is 1. The summed E-state index contributed by atoms with van der Waals surface area (Å²) in [4.78, 5) is 4.41. The van der Waals surface area contributed by atoms with E-state index in [1.165, 1.54) is 0 Å². The predicted molar refractivity (Wildman–Crippen MR) is 107 cm³/mol. The second-order valence-corrected chi connectivity index (χ2v) is 6.43. The maximum Gasteiger partial charge on any atom is 0.221 e. The van der Waals surface area contributed by atoms with Crippen LogP contribution in [0.1, 0.15) is 23.1 Å². The average molecular weight is 376 g/mol. The highest BCUT2D eigenvalue weighted by Crippen LogP contribution is 2.28. The van der Waals surface area contributed by atoms with Gasteiger partial charge in [-0.3, -0.25) is 16.1 Å². The van der Waals surface area contributed by atoms with E-state index in [2.05, 4.69) is 10.1 Å². The number of aromatic nitrogens is 2. The molecule has 5 N–H and O–H groups in total. The zero-order chi connectivity index (χ0) is 19.7. The molecule has 0 radical (unpaired) electrons. The van der Waals surface area contributed by atoms with Crippen molar-refractivity contribution < 1.29 is 9.94 Å². The van der Waals surface area contributed by atoms with Gasteiger partial charge >= 0.3 is 0 Å². The topological polar surface area (TPSA) is 122 Å². The lowest BCUT2D eigenvalue weighted by atomic mass is 10.0. The van der Waals surface area contributed by atoms with Gasteiger partial charge in [-0.25, -0.2) is 9.66 Å². The molecule has 3 aromatic rings. The number of nitrogens with zero attached hydrogens (tertiary/aromatic N) is 3. The summed E-state index contributed by atoms with van der Waals surface area (Å²) in [5.74, 6) is 1.01. The minimum atomic E-state index is -0.0273. The van der Waals surface area contributed by atoms with Crippen molar-refractivity contribution in [3.8, 4) is 17.0 Å². The first-order valence-corrected chi connectivity index (χ1v) is 8.79. The van der Waals surface area contributed by atoms with Gasteiger partial charge in [0.05, 0.1) is 24.7 Å². The highest BCUT2D eigenvalue weighted by Gasteiger charge is 2.22. The summed E-state index contributed by atoms with van der Waals surface area (Å²) in [6.45, 7) is 0. The minimum Gasteiger partial charge on any atom is -0.497 e. The first-order valence-electron chi connectivity index (χ1n) is 8.79. The molecule has 1 aromatic heterocycles. The van der Waals surface area contributed by atoms with Crippen LogP contribution >= 0.6 is 0 Å². The van der Waals surface area contributed by atoms with Crippen molar-refractivity contribution in [2.24, 2.45) is 5.10 Å². The van der Waals surface area contributed by atoms with E-state index in [0.29, 0.717) is 17.2 Å². The van der Waals surface area contributed by atoms with Crippen LogP contribution in [0.2, 0.25) is 0 Å². The molecule has 2 aromatic carbocycles. The first kappa shape index (κ1) is 17.7. The number of hydrogen-bond donors (Lipinski definition) is 4. The lowest BCUT2D eigenvalue weighted by molar-refractivity contribution is 0.234. The highest BCUT2D eigenvalue weighted by molar-refractivity contribution is 6.08. The zero-order valence-corrected chi connectivity index (χ0v) is 15.3. The molecule has 0 atom stereocenters. The molecule has 1 aliphatic rings. The SMILES string of the molecule is COc1cccc(-c2cn(/N=C3\CCc4c(C(=N)NO)cccc43)c(N)n2)c1. The Balaban J connectivity index is 1.71. The largest absolute Gasteiger partial charge is 0.497 e. The third-order valence-electron chi connectivity index (χ3n) is 4.79. The molecule has 4 rings (SSSR count). The van der Waals surface area contributed by atoms with Crippen LogP contribution in [0.5, 0.6) is 5.75 Å². The van der Waals surface area contributed by atoms with Crippen molar-refractivity contribution in [3.05, 3.63) is 65.4 Å². The van der Waals surface area contributed by atoms with Crippen LogP contribution in [-0.2, 0) is 6.42 Å². The van der Waals surface area contributed by atoms with Gasteiger partial charge < -0.3 is 10.5 Å². The molecular weight excluding hydrogens is 356 g/mol. The molecule has 0 saturated heterocycles. The molecule has 1 heterocycles. The number of anilines is 1. The van der Waals surface area contributed by atoms with Crippen molar-refractivity contribution in [3.63, 3.8) is 0 Å². The van der Waals surface area contributed by atoms with E-state index in [4.69, 9.17) is 21.1 Å². The minimum absolute atomic E-state index is 0.0273. The number of hydroxylamine groups is 1. The quantitative estimate of drug-likeness (QED) is 0.317. The zero-order valence-electron chi connectivity index (χ0n) is 15.3. The average Bonchev–Trinajstić information content (AvgIpc) is 3.31. The third kappa shape index (κ3) is 3.10. The van der Waals surface area contributed by atoms with Crippen molar-refractivity contribution in [1.29, 1.82) is 5.41 Å². The van der Waals surface area contributed by atoms with E-state index < -0.39 is 0 Å². The summed E-state index contributed by atoms with van der Waals surface area (Å²) in [6, 6.07) is 13.2. The number of imidazole rings is 1. The van der Waals surface area contributed by atoms with Gasteiger partial charge in [-0.1, -0.05) is 30.3 Å². The van der Waals surface area contributed by atoms with E-state index in [1.54, 1.807) is 24.0 Å². The van der Waals surface area contributed by atoms with Crippen LogP contribution in [0.3, 0.4) is 0 Å². The lowest BCUT2D eigenvalue weighted by Gasteiger charge is -2.08. The molecule has 142 valence electrons. The van der Waals surface area contributed by atoms with E-state index in [0.717, 1.165) is 41.0 Å². The summed E-state index contributed by atoms with van der Waals surface area (Å²) >= 11 is 0. The predicted octanol–water partition coefficient (Wildman–Crippen LogP) is 2.64. The molecule has 0 bridgehead atoms. The van der Waals surface area contributed by atoms with Crippen LogP contribution in [-0.4, -0.2) is 33.5 Å². The van der Waals surface area contributed by atoms with Crippen molar-refractivity contribution in [1.82, 2.24) is 15.1 Å². The molecule has 0 aliphatic heterocycles. The molecule has 0 amide bonds. The van der Waals surface area contributed by atoms with Gasteiger partial charge in [0.15, 0.2) is 0 Å². The fraction of sp³-hybridized carbons (Fsp3) is 0.150. The molecular formula is C20H20N6O2. The third-order valence-corrected chi connectivity index (χ3v) is 4.79. The van der Waals surface area contributed by atoms with Crippen molar-refractivity contribution >= 4 is 17.5 Å². The van der Waals surface area contributed by atoms with E-state index in [1.807, 2.05) is 41.9 Å². The Kier molecular flexibility index (Phi) is 4.54. The molecule has 8 nitrogen and oxygen atoms in total. The van der Waals surface area contributed by atoms with Gasteiger partial charge in [-0.2, -0.15) is 5.10 Å². The summed E-state index contributed by atoms with van der Waals surface area (Å²) < 4.78 is 6.84. The smallest absolute Gasteiger partial charge is 0.221 e. The Bertz CT molecular complexity index is 1090. The van der Waals surface area contributed by atoms with Gasteiger partial charge in [0, 0.05) is 16.7 Å². The number of methoxy groups -OCH3 is 1. The Morgan fingerprint density at radius 3 is 2.89 bits per heavy atom. The fourth-order valence-electron chi connectivity index (χ4n) is 3.42. The number of rotatable bonds is 4. The maximum absolute atomic E-state index is 9.06. The van der Waals surface area contributed by atoms with Crippen LogP contribution in [0, 0.1) is 5.41 Å². The summed E-state index contributed by atoms with van der Waals surface area (Å²) in [7, 11) is 1.62. The van der Waals surface area contributed by atoms with Gasteiger partial charge in [0.25, 0.3) is 0 Å². The Morgan fingerprint density at radius 1 is 1.29 bits per heavy atom. The number of benzene rings is 2. The Hall–Kier alpha value is -3.65. The first-order chi connectivity index (χ1) is 13.6. The molecule has 0 fully saturated rings. The van der Waals surface area contributed by atoms with Gasteiger partial charge in [-0.15, -0.1) is 0 Å². The van der Waals surface area contributed by atoms with Gasteiger partial charge in [0.2, 0.25) is 5.95 Å². The highest BCUT2D eigenvalue weighted by atomic mass is 16.5. The molecule has 28 heavy (non-hydrogen) atoms. The number of nitrogen functional groups attached to an aromatic ring is 1. The van der Waals surface area contributed by atoms with Crippen molar-refractivity contribution in [2.75, 3.05) is 12.8 Å². The number of fused-ring (bicyclic) bond motifs is 1. The standard InChI is InChI=1S/C20H20N6O2/c1-28-13-5-2-4-12(10-13)18-11-26(20(22)23-18)24-17-9-8-14-15(17)6-3-7-16(14)19(21)25-27/h2-7,10-11,27H,8-9H2,1H3,(H2,21,25)(H2,22,23)/b24-17+. The fourth-order valence-corrected chi connectivity index (χ4v) is 3.42. The Morgan fingerprint density at radius 2 is 2.11 bits per heavy atom. The molecule has 0 unspecified atom stereocenters. The Labute approximate surface area is 161 Å².